The summed E-state index contributed by atoms with van der Waals surface area (Å²) < 4.78 is 7.66. The zero-order chi connectivity index (χ0) is 14.0. The van der Waals surface area contributed by atoms with Gasteiger partial charge in [0.1, 0.15) is 5.76 Å². The van der Waals surface area contributed by atoms with E-state index in [1.54, 1.807) is 6.21 Å². The monoisotopic (exact) mass is 384 g/mol. The third kappa shape index (κ3) is 3.48. The molecule has 19 heavy (non-hydrogen) atoms. The molecule has 0 bridgehead atoms. The van der Waals surface area contributed by atoms with Crippen LogP contribution in [0.2, 0.25) is 0 Å². The van der Waals surface area contributed by atoms with Crippen molar-refractivity contribution in [1.29, 1.82) is 0 Å². The second-order valence-electron chi connectivity index (χ2n) is 4.39. The smallest absolute Gasteiger partial charge is 0.210 e. The van der Waals surface area contributed by atoms with Crippen molar-refractivity contribution < 1.29 is 4.42 Å². The van der Waals surface area contributed by atoms with E-state index in [1.807, 2.05) is 50.2 Å². The minimum atomic E-state index is 0.720. The Bertz CT molecular complexity index is 618. The van der Waals surface area contributed by atoms with Gasteiger partial charge in [-0.1, -0.05) is 15.9 Å². The minimum Gasteiger partial charge on any atom is -0.438 e. The van der Waals surface area contributed by atoms with Crippen molar-refractivity contribution in [1.82, 2.24) is 0 Å². The number of nitrogens with zero attached hydrogens (tertiary/aromatic N) is 2. The standard InChI is InChI=1S/C14H14Br2N2O/c1-9-6-10(15)4-5-13(9)17-8-11-7-12(16)14(19-11)18(2)3/h4-8H,1-3H3. The molecule has 0 spiro atoms. The maximum Gasteiger partial charge on any atom is 0.210 e. The third-order valence-electron chi connectivity index (χ3n) is 2.58. The van der Waals surface area contributed by atoms with Gasteiger partial charge in [0.2, 0.25) is 5.88 Å². The van der Waals surface area contributed by atoms with Crippen LogP contribution in [0.15, 0.2) is 42.6 Å². The average Bonchev–Trinajstić information content (AvgIpc) is 2.69. The number of hydrogen-bond donors (Lipinski definition) is 0. The molecule has 1 aromatic carbocycles. The van der Waals surface area contributed by atoms with E-state index < -0.39 is 0 Å². The Balaban J connectivity index is 2.25. The highest BCUT2D eigenvalue weighted by molar-refractivity contribution is 9.10. The summed E-state index contributed by atoms with van der Waals surface area (Å²) in [5.41, 5.74) is 2.05. The quantitative estimate of drug-likeness (QED) is 0.701. The van der Waals surface area contributed by atoms with Crippen LogP contribution in [0.4, 0.5) is 11.6 Å². The number of anilines is 1. The number of aliphatic imine (C=N–C) groups is 1. The van der Waals surface area contributed by atoms with Crippen molar-refractivity contribution in [2.45, 2.75) is 6.92 Å². The van der Waals surface area contributed by atoms with Gasteiger partial charge in [0, 0.05) is 24.6 Å². The summed E-state index contributed by atoms with van der Waals surface area (Å²) in [5.74, 6) is 1.51. The van der Waals surface area contributed by atoms with Gasteiger partial charge in [0.05, 0.1) is 16.4 Å². The largest absolute Gasteiger partial charge is 0.438 e. The number of hydrogen-bond acceptors (Lipinski definition) is 3. The SMILES string of the molecule is Cc1cc(Br)ccc1N=Cc1cc(Br)c(N(C)C)o1. The number of furan rings is 1. The zero-order valence-electron chi connectivity index (χ0n) is 10.9. The molecule has 3 nitrogen and oxygen atoms in total. The first-order valence-electron chi connectivity index (χ1n) is 5.74. The zero-order valence-corrected chi connectivity index (χ0v) is 14.1. The molecule has 0 fully saturated rings. The summed E-state index contributed by atoms with van der Waals surface area (Å²) in [7, 11) is 3.87. The molecule has 0 N–H and O–H groups in total. The van der Waals surface area contributed by atoms with Gasteiger partial charge in [-0.2, -0.15) is 0 Å². The molecule has 0 aliphatic rings. The summed E-state index contributed by atoms with van der Waals surface area (Å²) in [6.07, 6.45) is 1.73. The Morgan fingerprint density at radius 2 is 1.95 bits per heavy atom. The van der Waals surface area contributed by atoms with Crippen molar-refractivity contribution in [3.05, 3.63) is 44.5 Å². The second-order valence-corrected chi connectivity index (χ2v) is 6.16. The fraction of sp³-hybridized carbons (Fsp3) is 0.214. The second kappa shape index (κ2) is 5.92. The molecule has 0 atom stereocenters. The summed E-state index contributed by atoms with van der Waals surface area (Å²) in [5, 5.41) is 0. The van der Waals surface area contributed by atoms with Gasteiger partial charge in [0.25, 0.3) is 0 Å². The molecule has 0 aliphatic carbocycles. The van der Waals surface area contributed by atoms with Crippen molar-refractivity contribution in [3.8, 4) is 0 Å². The van der Waals surface area contributed by atoms with Crippen LogP contribution in [0.5, 0.6) is 0 Å². The lowest BCUT2D eigenvalue weighted by atomic mass is 10.2. The van der Waals surface area contributed by atoms with Gasteiger partial charge >= 0.3 is 0 Å². The molecule has 2 aromatic rings. The van der Waals surface area contributed by atoms with Crippen molar-refractivity contribution in [3.63, 3.8) is 0 Å². The lowest BCUT2D eigenvalue weighted by Crippen LogP contribution is -2.07. The molecule has 1 heterocycles. The van der Waals surface area contributed by atoms with Crippen LogP contribution in [-0.2, 0) is 0 Å². The fourth-order valence-electron chi connectivity index (χ4n) is 1.64. The normalized spacial score (nSPS) is 11.2. The highest BCUT2D eigenvalue weighted by atomic mass is 79.9. The van der Waals surface area contributed by atoms with E-state index in [0.29, 0.717) is 0 Å². The highest BCUT2D eigenvalue weighted by Gasteiger charge is 2.09. The van der Waals surface area contributed by atoms with Gasteiger partial charge in [-0.3, -0.25) is 4.99 Å². The first kappa shape index (κ1) is 14.3. The van der Waals surface area contributed by atoms with Crippen molar-refractivity contribution >= 4 is 49.6 Å². The first-order valence-corrected chi connectivity index (χ1v) is 7.33. The van der Waals surface area contributed by atoms with Crippen LogP contribution in [-0.4, -0.2) is 20.3 Å². The van der Waals surface area contributed by atoms with Crippen LogP contribution in [0, 0.1) is 6.92 Å². The molecule has 0 unspecified atom stereocenters. The fourth-order valence-corrected chi connectivity index (χ4v) is 2.78. The molecule has 0 aliphatic heterocycles. The molecule has 5 heteroatoms. The average molecular weight is 386 g/mol. The maximum absolute atomic E-state index is 5.68. The van der Waals surface area contributed by atoms with Crippen LogP contribution in [0.1, 0.15) is 11.3 Å². The topological polar surface area (TPSA) is 28.7 Å². The molecule has 2 rings (SSSR count). The van der Waals surface area contributed by atoms with E-state index in [9.17, 15) is 0 Å². The van der Waals surface area contributed by atoms with Gasteiger partial charge in [-0.25, -0.2) is 0 Å². The van der Waals surface area contributed by atoms with E-state index >= 15 is 0 Å². The molecular formula is C14H14Br2N2O. The molecule has 1 aromatic heterocycles. The molecular weight excluding hydrogens is 372 g/mol. The molecule has 100 valence electrons. The third-order valence-corrected chi connectivity index (χ3v) is 3.65. The Kier molecular flexibility index (Phi) is 4.47. The molecule has 0 saturated heterocycles. The van der Waals surface area contributed by atoms with Crippen molar-refractivity contribution in [2.75, 3.05) is 19.0 Å². The van der Waals surface area contributed by atoms with E-state index in [4.69, 9.17) is 4.42 Å². The van der Waals surface area contributed by atoms with E-state index in [-0.39, 0.29) is 0 Å². The van der Waals surface area contributed by atoms with E-state index in [0.717, 1.165) is 31.8 Å². The summed E-state index contributed by atoms with van der Waals surface area (Å²) in [4.78, 5) is 6.36. The minimum absolute atomic E-state index is 0.720. The predicted octanol–water partition coefficient (Wildman–Crippen LogP) is 4.93. The Hall–Kier alpha value is -1.07. The van der Waals surface area contributed by atoms with Crippen LogP contribution in [0.3, 0.4) is 0 Å². The van der Waals surface area contributed by atoms with Gasteiger partial charge < -0.3 is 9.32 Å². The molecule has 0 radical (unpaired) electrons. The highest BCUT2D eigenvalue weighted by Crippen LogP contribution is 2.28. The van der Waals surface area contributed by atoms with E-state index in [2.05, 4.69) is 36.9 Å². The number of rotatable bonds is 3. The van der Waals surface area contributed by atoms with Crippen LogP contribution < -0.4 is 4.90 Å². The van der Waals surface area contributed by atoms with Crippen LogP contribution >= 0.6 is 31.9 Å². The molecule has 0 saturated carbocycles. The van der Waals surface area contributed by atoms with Crippen LogP contribution in [0.25, 0.3) is 0 Å². The lowest BCUT2D eigenvalue weighted by molar-refractivity contribution is 0.557. The Labute approximate surface area is 129 Å². The van der Waals surface area contributed by atoms with Gasteiger partial charge in [0.15, 0.2) is 0 Å². The number of benzene rings is 1. The predicted molar refractivity (Wildman–Crippen MR) is 86.9 cm³/mol. The number of aryl methyl sites for hydroxylation is 1. The first-order chi connectivity index (χ1) is 8.97. The molecule has 0 amide bonds. The number of halogens is 2. The van der Waals surface area contributed by atoms with Crippen molar-refractivity contribution in [2.24, 2.45) is 4.99 Å². The Morgan fingerprint density at radius 3 is 2.53 bits per heavy atom. The van der Waals surface area contributed by atoms with Gasteiger partial charge in [-0.15, -0.1) is 0 Å². The van der Waals surface area contributed by atoms with E-state index in [1.165, 1.54) is 0 Å². The summed E-state index contributed by atoms with van der Waals surface area (Å²) >= 11 is 6.90. The summed E-state index contributed by atoms with van der Waals surface area (Å²) in [6, 6.07) is 7.90. The maximum atomic E-state index is 5.68. The Morgan fingerprint density at radius 1 is 1.21 bits per heavy atom. The summed E-state index contributed by atoms with van der Waals surface area (Å²) in [6.45, 7) is 2.03. The lowest BCUT2D eigenvalue weighted by Gasteiger charge is -2.07. The van der Waals surface area contributed by atoms with Gasteiger partial charge in [-0.05, 0) is 46.6 Å².